The number of halogens is 1. The highest BCUT2D eigenvalue weighted by molar-refractivity contribution is 6.32. The number of hydrogen-bond acceptors (Lipinski definition) is 3. The highest BCUT2D eigenvalue weighted by Crippen LogP contribution is 2.31. The van der Waals surface area contributed by atoms with Crippen molar-refractivity contribution >= 4 is 11.6 Å². The van der Waals surface area contributed by atoms with Crippen LogP contribution in [0.5, 0.6) is 5.75 Å². The average molecular weight is 292 g/mol. The molecule has 0 saturated heterocycles. The number of rotatable bonds is 4. The van der Waals surface area contributed by atoms with E-state index in [1.165, 1.54) is 0 Å². The molecule has 0 bridgehead atoms. The Labute approximate surface area is 124 Å². The summed E-state index contributed by atoms with van der Waals surface area (Å²) < 4.78 is 5.59. The zero-order valence-corrected chi connectivity index (χ0v) is 12.6. The Kier molecular flexibility index (Phi) is 4.63. The van der Waals surface area contributed by atoms with Gasteiger partial charge < -0.3 is 9.84 Å². The van der Waals surface area contributed by atoms with Gasteiger partial charge in [-0.15, -0.1) is 0 Å². The van der Waals surface area contributed by atoms with E-state index in [0.29, 0.717) is 21.9 Å². The van der Waals surface area contributed by atoms with Crippen LogP contribution in [0.15, 0.2) is 36.7 Å². The monoisotopic (exact) mass is 291 g/mol. The normalized spacial score (nSPS) is 12.5. The van der Waals surface area contributed by atoms with E-state index in [2.05, 4.69) is 4.98 Å². The molecule has 1 N–H and O–H groups in total. The first-order valence-electron chi connectivity index (χ1n) is 6.53. The van der Waals surface area contributed by atoms with Gasteiger partial charge in [-0.3, -0.25) is 4.98 Å². The summed E-state index contributed by atoms with van der Waals surface area (Å²) in [7, 11) is 0. The van der Waals surface area contributed by atoms with Crippen LogP contribution < -0.4 is 4.74 Å². The number of aliphatic hydroxyl groups excluding tert-OH is 1. The summed E-state index contributed by atoms with van der Waals surface area (Å²) in [5.41, 5.74) is 2.27. The fourth-order valence-corrected chi connectivity index (χ4v) is 2.21. The molecule has 20 heavy (non-hydrogen) atoms. The summed E-state index contributed by atoms with van der Waals surface area (Å²) in [6.45, 7) is 5.80. The Balaban J connectivity index is 2.33. The number of nitrogens with zero attached hydrogens (tertiary/aromatic N) is 1. The van der Waals surface area contributed by atoms with Crippen molar-refractivity contribution in [3.63, 3.8) is 0 Å². The predicted octanol–water partition coefficient (Wildman–Crippen LogP) is 3.91. The average Bonchev–Trinajstić information content (AvgIpc) is 2.41. The van der Waals surface area contributed by atoms with Crippen LogP contribution in [0, 0.1) is 6.92 Å². The smallest absolute Gasteiger partial charge is 0.138 e. The van der Waals surface area contributed by atoms with Crippen molar-refractivity contribution in [2.75, 3.05) is 0 Å². The molecular weight excluding hydrogens is 274 g/mol. The lowest BCUT2D eigenvalue weighted by Crippen LogP contribution is -2.07. The Hall–Kier alpha value is -1.58. The second kappa shape index (κ2) is 6.25. The number of benzene rings is 1. The molecule has 2 rings (SSSR count). The molecule has 1 aromatic heterocycles. The van der Waals surface area contributed by atoms with Gasteiger partial charge in [0.25, 0.3) is 0 Å². The number of aliphatic hydroxyl groups is 1. The molecule has 0 saturated carbocycles. The molecular formula is C16H18ClNO2. The maximum absolute atomic E-state index is 10.5. The Bertz CT molecular complexity index is 599. The second-order valence-corrected chi connectivity index (χ2v) is 5.38. The van der Waals surface area contributed by atoms with E-state index >= 15 is 0 Å². The van der Waals surface area contributed by atoms with Gasteiger partial charge in [-0.1, -0.05) is 29.8 Å². The highest BCUT2D eigenvalue weighted by atomic mass is 35.5. The number of aromatic nitrogens is 1. The zero-order valence-electron chi connectivity index (χ0n) is 11.8. The van der Waals surface area contributed by atoms with Gasteiger partial charge in [-0.2, -0.15) is 0 Å². The third-order valence-corrected chi connectivity index (χ3v) is 3.45. The summed E-state index contributed by atoms with van der Waals surface area (Å²) in [6, 6.07) is 7.39. The van der Waals surface area contributed by atoms with Crippen LogP contribution in [-0.4, -0.2) is 16.2 Å². The minimum absolute atomic E-state index is 0.0618. The molecule has 1 unspecified atom stereocenters. The SMILES string of the molecule is Cc1cccc(C(O)c2cncc(OC(C)C)c2)c1Cl. The van der Waals surface area contributed by atoms with Crippen LogP contribution in [0.4, 0.5) is 0 Å². The molecule has 106 valence electrons. The summed E-state index contributed by atoms with van der Waals surface area (Å²) in [5.74, 6) is 0.639. The van der Waals surface area contributed by atoms with Crippen LogP contribution in [0.25, 0.3) is 0 Å². The summed E-state index contributed by atoms with van der Waals surface area (Å²) >= 11 is 6.25. The van der Waals surface area contributed by atoms with E-state index in [-0.39, 0.29) is 6.10 Å². The molecule has 0 fully saturated rings. The van der Waals surface area contributed by atoms with Gasteiger partial charge in [0.15, 0.2) is 0 Å². The van der Waals surface area contributed by atoms with E-state index in [9.17, 15) is 5.11 Å². The van der Waals surface area contributed by atoms with E-state index in [1.54, 1.807) is 18.5 Å². The van der Waals surface area contributed by atoms with Crippen LogP contribution in [0.3, 0.4) is 0 Å². The van der Waals surface area contributed by atoms with E-state index in [4.69, 9.17) is 16.3 Å². The largest absolute Gasteiger partial charge is 0.489 e. The highest BCUT2D eigenvalue weighted by Gasteiger charge is 2.16. The molecule has 1 aromatic carbocycles. The van der Waals surface area contributed by atoms with E-state index in [0.717, 1.165) is 5.56 Å². The summed E-state index contributed by atoms with van der Waals surface area (Å²) in [4.78, 5) is 4.11. The van der Waals surface area contributed by atoms with Crippen molar-refractivity contribution in [3.05, 3.63) is 58.4 Å². The minimum atomic E-state index is -0.814. The first-order valence-corrected chi connectivity index (χ1v) is 6.91. The summed E-state index contributed by atoms with van der Waals surface area (Å²) in [6.07, 6.45) is 2.50. The van der Waals surface area contributed by atoms with Crippen molar-refractivity contribution in [2.45, 2.75) is 33.0 Å². The fourth-order valence-electron chi connectivity index (χ4n) is 1.98. The van der Waals surface area contributed by atoms with Gasteiger partial charge in [0.2, 0.25) is 0 Å². The predicted molar refractivity (Wildman–Crippen MR) is 80.3 cm³/mol. The maximum Gasteiger partial charge on any atom is 0.138 e. The van der Waals surface area contributed by atoms with Crippen LogP contribution in [0.2, 0.25) is 5.02 Å². The number of ether oxygens (including phenoxy) is 1. The Morgan fingerprint density at radius 2 is 2.00 bits per heavy atom. The molecule has 0 amide bonds. The molecule has 1 heterocycles. The van der Waals surface area contributed by atoms with Gasteiger partial charge in [0, 0.05) is 22.3 Å². The van der Waals surface area contributed by atoms with Crippen molar-refractivity contribution < 1.29 is 9.84 Å². The molecule has 2 aromatic rings. The number of hydrogen-bond donors (Lipinski definition) is 1. The number of pyridine rings is 1. The first kappa shape index (κ1) is 14.8. The topological polar surface area (TPSA) is 42.4 Å². The molecule has 0 spiro atoms. The van der Waals surface area contributed by atoms with Crippen molar-refractivity contribution in [1.82, 2.24) is 4.98 Å². The lowest BCUT2D eigenvalue weighted by molar-refractivity contribution is 0.215. The van der Waals surface area contributed by atoms with E-state index < -0.39 is 6.10 Å². The van der Waals surface area contributed by atoms with Crippen molar-refractivity contribution in [3.8, 4) is 5.75 Å². The lowest BCUT2D eigenvalue weighted by atomic mass is 10.0. The van der Waals surface area contributed by atoms with Gasteiger partial charge in [0.05, 0.1) is 12.3 Å². The molecule has 0 radical (unpaired) electrons. The van der Waals surface area contributed by atoms with E-state index in [1.807, 2.05) is 39.0 Å². The van der Waals surface area contributed by atoms with Crippen LogP contribution in [0.1, 0.15) is 36.6 Å². The molecule has 1 atom stereocenters. The quantitative estimate of drug-likeness (QED) is 0.928. The lowest BCUT2D eigenvalue weighted by Gasteiger charge is -2.16. The van der Waals surface area contributed by atoms with Crippen molar-refractivity contribution in [1.29, 1.82) is 0 Å². The van der Waals surface area contributed by atoms with Gasteiger partial charge in [0.1, 0.15) is 11.9 Å². The molecule has 0 aliphatic rings. The first-order chi connectivity index (χ1) is 9.49. The third-order valence-electron chi connectivity index (χ3n) is 2.94. The minimum Gasteiger partial charge on any atom is -0.489 e. The molecule has 3 nitrogen and oxygen atoms in total. The zero-order chi connectivity index (χ0) is 14.7. The molecule has 4 heteroatoms. The van der Waals surface area contributed by atoms with Crippen LogP contribution in [-0.2, 0) is 0 Å². The summed E-state index contributed by atoms with van der Waals surface area (Å²) in [5, 5.41) is 11.1. The number of aryl methyl sites for hydroxylation is 1. The molecule has 0 aliphatic carbocycles. The fraction of sp³-hybridized carbons (Fsp3) is 0.312. The third kappa shape index (κ3) is 3.30. The molecule has 0 aliphatic heterocycles. The van der Waals surface area contributed by atoms with Crippen molar-refractivity contribution in [2.24, 2.45) is 0 Å². The van der Waals surface area contributed by atoms with Gasteiger partial charge in [-0.25, -0.2) is 0 Å². The van der Waals surface area contributed by atoms with Gasteiger partial charge >= 0.3 is 0 Å². The van der Waals surface area contributed by atoms with Gasteiger partial charge in [-0.05, 0) is 32.4 Å². The van der Waals surface area contributed by atoms with Crippen LogP contribution >= 0.6 is 11.6 Å². The Morgan fingerprint density at radius 3 is 2.70 bits per heavy atom. The Morgan fingerprint density at radius 1 is 1.25 bits per heavy atom. The second-order valence-electron chi connectivity index (χ2n) is 5.00. The standard InChI is InChI=1S/C16H18ClNO2/c1-10(2)20-13-7-12(8-18-9-13)16(19)14-6-4-5-11(3)15(14)17/h4-10,16,19H,1-3H3. The maximum atomic E-state index is 10.5.